The van der Waals surface area contributed by atoms with E-state index in [9.17, 15) is 0 Å². The van der Waals surface area contributed by atoms with Crippen molar-refractivity contribution in [3.8, 4) is 0 Å². The van der Waals surface area contributed by atoms with Crippen molar-refractivity contribution in [2.45, 2.75) is 58.6 Å². The van der Waals surface area contributed by atoms with Gasteiger partial charge in [-0.3, -0.25) is 0 Å². The van der Waals surface area contributed by atoms with E-state index in [1.54, 1.807) is 0 Å². The van der Waals surface area contributed by atoms with Crippen molar-refractivity contribution in [2.24, 2.45) is 5.92 Å². The van der Waals surface area contributed by atoms with Crippen LogP contribution in [-0.4, -0.2) is 25.3 Å². The van der Waals surface area contributed by atoms with Crippen molar-refractivity contribution in [3.05, 3.63) is 0 Å². The maximum atomic E-state index is 5.84. The Morgan fingerprint density at radius 1 is 1.36 bits per heavy atom. The van der Waals surface area contributed by atoms with Crippen LogP contribution < -0.4 is 5.32 Å². The van der Waals surface area contributed by atoms with Crippen LogP contribution in [0.3, 0.4) is 0 Å². The monoisotopic (exact) mass is 199 g/mol. The van der Waals surface area contributed by atoms with Crippen LogP contribution in [0.5, 0.6) is 0 Å². The van der Waals surface area contributed by atoms with Gasteiger partial charge in [-0.2, -0.15) is 0 Å². The van der Waals surface area contributed by atoms with Gasteiger partial charge in [-0.1, -0.05) is 33.6 Å². The Labute approximate surface area is 88.4 Å². The summed E-state index contributed by atoms with van der Waals surface area (Å²) in [6.45, 7) is 8.53. The summed E-state index contributed by atoms with van der Waals surface area (Å²) >= 11 is 0. The summed E-state index contributed by atoms with van der Waals surface area (Å²) in [6, 6.07) is 0.573. The van der Waals surface area contributed by atoms with Crippen molar-refractivity contribution in [3.63, 3.8) is 0 Å². The summed E-state index contributed by atoms with van der Waals surface area (Å²) in [7, 11) is 0. The van der Waals surface area contributed by atoms with Crippen molar-refractivity contribution in [1.82, 2.24) is 5.32 Å². The maximum absolute atomic E-state index is 5.84. The van der Waals surface area contributed by atoms with Gasteiger partial charge in [0.1, 0.15) is 0 Å². The first-order valence-corrected chi connectivity index (χ1v) is 6.03. The fraction of sp³-hybridized carbons (Fsp3) is 1.00. The van der Waals surface area contributed by atoms with E-state index in [1.807, 2.05) is 0 Å². The predicted molar refractivity (Wildman–Crippen MR) is 60.5 cm³/mol. The highest BCUT2D eigenvalue weighted by Crippen LogP contribution is 2.25. The van der Waals surface area contributed by atoms with Gasteiger partial charge in [0, 0.05) is 12.6 Å². The third-order valence-corrected chi connectivity index (χ3v) is 2.90. The first-order valence-electron chi connectivity index (χ1n) is 6.03. The van der Waals surface area contributed by atoms with E-state index >= 15 is 0 Å². The Morgan fingerprint density at radius 3 is 2.79 bits per heavy atom. The molecule has 1 aliphatic rings. The van der Waals surface area contributed by atoms with Gasteiger partial charge in [-0.15, -0.1) is 0 Å². The van der Waals surface area contributed by atoms with Crippen LogP contribution in [0, 0.1) is 5.92 Å². The topological polar surface area (TPSA) is 21.3 Å². The molecule has 0 aromatic rings. The second kappa shape index (κ2) is 6.41. The molecule has 0 spiro atoms. The number of rotatable bonds is 5. The van der Waals surface area contributed by atoms with Crippen molar-refractivity contribution in [1.29, 1.82) is 0 Å². The zero-order chi connectivity index (χ0) is 10.4. The van der Waals surface area contributed by atoms with Crippen LogP contribution in [0.15, 0.2) is 0 Å². The van der Waals surface area contributed by atoms with Crippen LogP contribution in [0.4, 0.5) is 0 Å². The standard InChI is InChI=1S/C12H25NO/c1-10(2)13-7-8-14-12-6-4-5-11(3)9-12/h10-13H,4-9H2,1-3H3. The quantitative estimate of drug-likeness (QED) is 0.687. The Bertz CT molecular complexity index is 147. The second-order valence-corrected chi connectivity index (χ2v) is 4.87. The molecule has 1 rings (SSSR count). The normalized spacial score (nSPS) is 28.3. The van der Waals surface area contributed by atoms with Gasteiger partial charge in [-0.25, -0.2) is 0 Å². The fourth-order valence-corrected chi connectivity index (χ4v) is 2.10. The lowest BCUT2D eigenvalue weighted by molar-refractivity contribution is 0.0169. The minimum absolute atomic E-state index is 0.535. The molecule has 0 aromatic heterocycles. The lowest BCUT2D eigenvalue weighted by Gasteiger charge is -2.26. The summed E-state index contributed by atoms with van der Waals surface area (Å²) in [5.41, 5.74) is 0. The maximum Gasteiger partial charge on any atom is 0.0594 e. The van der Waals surface area contributed by atoms with E-state index in [-0.39, 0.29) is 0 Å². The van der Waals surface area contributed by atoms with E-state index in [2.05, 4.69) is 26.1 Å². The molecule has 0 heterocycles. The lowest BCUT2D eigenvalue weighted by atomic mass is 9.89. The lowest BCUT2D eigenvalue weighted by Crippen LogP contribution is -2.29. The fourth-order valence-electron chi connectivity index (χ4n) is 2.10. The molecule has 2 atom stereocenters. The Balaban J connectivity index is 2.00. The van der Waals surface area contributed by atoms with E-state index in [0.717, 1.165) is 19.1 Å². The molecule has 1 N–H and O–H groups in total. The molecule has 0 radical (unpaired) electrons. The Kier molecular flexibility index (Phi) is 5.49. The first-order chi connectivity index (χ1) is 6.68. The molecule has 1 saturated carbocycles. The number of hydrogen-bond acceptors (Lipinski definition) is 2. The highest BCUT2D eigenvalue weighted by Gasteiger charge is 2.18. The van der Waals surface area contributed by atoms with Gasteiger partial charge in [0.05, 0.1) is 12.7 Å². The number of nitrogens with one attached hydrogen (secondary N) is 1. The largest absolute Gasteiger partial charge is 0.377 e. The molecule has 1 aliphatic carbocycles. The highest BCUT2D eigenvalue weighted by atomic mass is 16.5. The average molecular weight is 199 g/mol. The van der Waals surface area contributed by atoms with Gasteiger partial charge in [0.2, 0.25) is 0 Å². The minimum atomic E-state index is 0.535. The molecule has 84 valence electrons. The molecular formula is C12H25NO. The van der Waals surface area contributed by atoms with Crippen molar-refractivity contribution >= 4 is 0 Å². The van der Waals surface area contributed by atoms with Gasteiger partial charge in [-0.05, 0) is 18.8 Å². The summed E-state index contributed by atoms with van der Waals surface area (Å²) in [5, 5.41) is 3.37. The van der Waals surface area contributed by atoms with Gasteiger partial charge in [0.15, 0.2) is 0 Å². The molecule has 0 saturated heterocycles. The smallest absolute Gasteiger partial charge is 0.0594 e. The Hall–Kier alpha value is -0.0800. The van der Waals surface area contributed by atoms with E-state index < -0.39 is 0 Å². The SMILES string of the molecule is CC1CCCC(OCCNC(C)C)C1. The zero-order valence-corrected chi connectivity index (χ0v) is 9.88. The molecule has 2 nitrogen and oxygen atoms in total. The molecule has 1 fully saturated rings. The number of ether oxygens (including phenoxy) is 1. The van der Waals surface area contributed by atoms with Crippen LogP contribution >= 0.6 is 0 Å². The molecule has 14 heavy (non-hydrogen) atoms. The molecule has 2 unspecified atom stereocenters. The van der Waals surface area contributed by atoms with Gasteiger partial charge >= 0.3 is 0 Å². The Morgan fingerprint density at radius 2 is 2.14 bits per heavy atom. The van der Waals surface area contributed by atoms with Crippen LogP contribution in [0.2, 0.25) is 0 Å². The van der Waals surface area contributed by atoms with E-state index in [0.29, 0.717) is 12.1 Å². The summed E-state index contributed by atoms with van der Waals surface area (Å²) < 4.78 is 5.84. The number of hydrogen-bond donors (Lipinski definition) is 1. The van der Waals surface area contributed by atoms with Crippen LogP contribution in [0.25, 0.3) is 0 Å². The third kappa shape index (κ3) is 4.97. The summed E-state index contributed by atoms with van der Waals surface area (Å²) in [6.07, 6.45) is 5.81. The molecular weight excluding hydrogens is 174 g/mol. The second-order valence-electron chi connectivity index (χ2n) is 4.87. The zero-order valence-electron chi connectivity index (χ0n) is 9.88. The predicted octanol–water partition coefficient (Wildman–Crippen LogP) is 2.58. The molecule has 0 bridgehead atoms. The van der Waals surface area contributed by atoms with Crippen LogP contribution in [-0.2, 0) is 4.74 Å². The minimum Gasteiger partial charge on any atom is -0.377 e. The molecule has 0 aromatic carbocycles. The van der Waals surface area contributed by atoms with Gasteiger partial charge < -0.3 is 10.1 Å². The first kappa shape index (κ1) is 12.0. The molecule has 0 amide bonds. The van der Waals surface area contributed by atoms with Crippen molar-refractivity contribution in [2.75, 3.05) is 13.2 Å². The highest BCUT2D eigenvalue weighted by molar-refractivity contribution is 4.70. The average Bonchev–Trinajstić information content (AvgIpc) is 2.12. The van der Waals surface area contributed by atoms with Crippen molar-refractivity contribution < 1.29 is 4.74 Å². The van der Waals surface area contributed by atoms with E-state index in [1.165, 1.54) is 25.7 Å². The van der Waals surface area contributed by atoms with Crippen LogP contribution in [0.1, 0.15) is 46.5 Å². The molecule has 2 heteroatoms. The summed E-state index contributed by atoms with van der Waals surface area (Å²) in [5.74, 6) is 0.867. The van der Waals surface area contributed by atoms with Gasteiger partial charge in [0.25, 0.3) is 0 Å². The van der Waals surface area contributed by atoms with E-state index in [4.69, 9.17) is 4.74 Å². The third-order valence-electron chi connectivity index (χ3n) is 2.90. The summed E-state index contributed by atoms with van der Waals surface area (Å²) in [4.78, 5) is 0. The molecule has 0 aliphatic heterocycles.